The number of rotatable bonds is 2. The molecule has 1 saturated heterocycles. The minimum Gasteiger partial charge on any atom is -0.359 e. The van der Waals surface area contributed by atoms with Crippen molar-refractivity contribution in [1.82, 2.24) is 4.90 Å². The van der Waals surface area contributed by atoms with E-state index in [1.54, 1.807) is 0 Å². The summed E-state index contributed by atoms with van der Waals surface area (Å²) in [6, 6.07) is 7.44. The average Bonchev–Trinajstić information content (AvgIpc) is 2.55. The fourth-order valence-electron chi connectivity index (χ4n) is 3.35. The van der Waals surface area contributed by atoms with Gasteiger partial charge in [-0.3, -0.25) is 9.59 Å². The Bertz CT molecular complexity index is 549. The zero-order chi connectivity index (χ0) is 14.8. The number of hydrogen-bond acceptors (Lipinski definition) is 3. The van der Waals surface area contributed by atoms with Crippen molar-refractivity contribution in [2.75, 3.05) is 24.5 Å². The second-order valence-corrected chi connectivity index (χ2v) is 5.95. The first-order valence-corrected chi connectivity index (χ1v) is 7.86. The molecule has 1 unspecified atom stereocenters. The highest BCUT2D eigenvalue weighted by Gasteiger charge is 2.31. The lowest BCUT2D eigenvalue weighted by molar-refractivity contribution is -0.133. The molecule has 0 N–H and O–H groups in total. The van der Waals surface area contributed by atoms with Gasteiger partial charge in [-0.15, -0.1) is 0 Å². The van der Waals surface area contributed by atoms with Gasteiger partial charge < -0.3 is 9.80 Å². The molecule has 1 amide bonds. The van der Waals surface area contributed by atoms with Crippen LogP contribution in [0, 0.1) is 0 Å². The van der Waals surface area contributed by atoms with E-state index in [1.807, 2.05) is 36.1 Å². The van der Waals surface area contributed by atoms with Gasteiger partial charge in [-0.2, -0.15) is 0 Å². The lowest BCUT2D eigenvalue weighted by atomic mass is 9.98. The first kappa shape index (κ1) is 14.1. The van der Waals surface area contributed by atoms with Crippen LogP contribution in [-0.2, 0) is 4.79 Å². The van der Waals surface area contributed by atoms with Gasteiger partial charge >= 0.3 is 0 Å². The Morgan fingerprint density at radius 2 is 1.81 bits per heavy atom. The Morgan fingerprint density at radius 1 is 1.10 bits per heavy atom. The number of Topliss-reactive ketones (excluding diaryl/α,β-unsaturated/α-hetero) is 1. The molecule has 1 fully saturated rings. The van der Waals surface area contributed by atoms with Gasteiger partial charge in [0.25, 0.3) is 0 Å². The van der Waals surface area contributed by atoms with Gasteiger partial charge in [0, 0.05) is 37.3 Å². The van der Waals surface area contributed by atoms with Crippen molar-refractivity contribution in [1.29, 1.82) is 0 Å². The number of benzene rings is 1. The molecule has 0 radical (unpaired) electrons. The van der Waals surface area contributed by atoms with Crippen LogP contribution in [0.3, 0.4) is 0 Å². The highest BCUT2D eigenvalue weighted by atomic mass is 16.2. The minimum atomic E-state index is -0.197. The molecule has 3 rings (SSSR count). The summed E-state index contributed by atoms with van der Waals surface area (Å²) < 4.78 is 0. The molecular formula is C17H22N2O2. The molecule has 1 aromatic rings. The van der Waals surface area contributed by atoms with Crippen LogP contribution >= 0.6 is 0 Å². The molecule has 1 atom stereocenters. The first-order chi connectivity index (χ1) is 10.2. The maximum absolute atomic E-state index is 12.7. The summed E-state index contributed by atoms with van der Waals surface area (Å²) >= 11 is 0. The van der Waals surface area contributed by atoms with Crippen LogP contribution in [0.5, 0.6) is 0 Å². The molecule has 0 saturated carbocycles. The molecule has 4 heteroatoms. The zero-order valence-corrected chi connectivity index (χ0v) is 12.5. The van der Waals surface area contributed by atoms with Gasteiger partial charge in [0.1, 0.15) is 6.04 Å². The lowest BCUT2D eigenvalue weighted by Gasteiger charge is -2.38. The number of hydrogen-bond donors (Lipinski definition) is 0. The minimum absolute atomic E-state index is 0.180. The Labute approximate surface area is 125 Å². The average molecular weight is 286 g/mol. The maximum atomic E-state index is 12.7. The number of amides is 1. The van der Waals surface area contributed by atoms with Gasteiger partial charge in [0.15, 0.2) is 5.78 Å². The molecule has 4 nitrogen and oxygen atoms in total. The number of likely N-dealkylation sites (tertiary alicyclic amines) is 1. The van der Waals surface area contributed by atoms with E-state index >= 15 is 0 Å². The number of anilines is 1. The summed E-state index contributed by atoms with van der Waals surface area (Å²) in [6.07, 6.45) is 3.93. The van der Waals surface area contributed by atoms with Crippen LogP contribution in [0.4, 0.5) is 5.69 Å². The van der Waals surface area contributed by atoms with Gasteiger partial charge in [-0.25, -0.2) is 0 Å². The number of para-hydroxylation sites is 1. The highest BCUT2D eigenvalue weighted by molar-refractivity contribution is 6.04. The number of fused-ring (bicyclic) bond motifs is 1. The van der Waals surface area contributed by atoms with Crippen LogP contribution in [-0.4, -0.2) is 42.3 Å². The van der Waals surface area contributed by atoms with E-state index < -0.39 is 0 Å². The molecule has 2 heterocycles. The molecule has 21 heavy (non-hydrogen) atoms. The molecular weight excluding hydrogens is 264 g/mol. The third-order valence-corrected chi connectivity index (χ3v) is 4.59. The third kappa shape index (κ3) is 2.67. The van der Waals surface area contributed by atoms with Crippen molar-refractivity contribution in [3.8, 4) is 0 Å². The van der Waals surface area contributed by atoms with Gasteiger partial charge in [-0.1, -0.05) is 12.1 Å². The smallest absolute Gasteiger partial charge is 0.244 e. The Morgan fingerprint density at radius 3 is 2.57 bits per heavy atom. The molecule has 0 aromatic heterocycles. The molecule has 0 spiro atoms. The third-order valence-electron chi connectivity index (χ3n) is 4.59. The molecule has 2 aliphatic rings. The normalized spacial score (nSPS) is 20.1. The van der Waals surface area contributed by atoms with E-state index in [0.29, 0.717) is 13.0 Å². The Kier molecular flexibility index (Phi) is 3.95. The predicted octanol–water partition coefficient (Wildman–Crippen LogP) is 2.48. The van der Waals surface area contributed by atoms with Crippen molar-refractivity contribution in [2.45, 2.75) is 38.6 Å². The summed E-state index contributed by atoms with van der Waals surface area (Å²) in [5, 5.41) is 0. The number of nitrogens with zero attached hydrogens (tertiary/aromatic N) is 2. The van der Waals surface area contributed by atoms with E-state index in [2.05, 4.69) is 4.90 Å². The fourth-order valence-corrected chi connectivity index (χ4v) is 3.35. The van der Waals surface area contributed by atoms with Gasteiger partial charge in [0.05, 0.1) is 0 Å². The van der Waals surface area contributed by atoms with Crippen molar-refractivity contribution >= 4 is 17.4 Å². The quantitative estimate of drug-likeness (QED) is 0.838. The van der Waals surface area contributed by atoms with Crippen LogP contribution < -0.4 is 4.90 Å². The standard InChI is InChI=1S/C17H22N2O2/c1-13(17(21)18-10-5-2-6-11-18)19-12-9-16(20)14-7-3-4-8-15(14)19/h3-4,7-8,13H,2,5-6,9-12H2,1H3. The van der Waals surface area contributed by atoms with Crippen LogP contribution in [0.2, 0.25) is 0 Å². The first-order valence-electron chi connectivity index (χ1n) is 7.86. The summed E-state index contributed by atoms with van der Waals surface area (Å²) in [5.41, 5.74) is 1.66. The summed E-state index contributed by atoms with van der Waals surface area (Å²) in [6.45, 7) is 4.34. The van der Waals surface area contributed by atoms with Crippen molar-refractivity contribution in [3.05, 3.63) is 29.8 Å². The zero-order valence-electron chi connectivity index (χ0n) is 12.5. The highest BCUT2D eigenvalue weighted by Crippen LogP contribution is 2.29. The Hall–Kier alpha value is -1.84. The molecule has 0 aliphatic carbocycles. The molecule has 1 aromatic carbocycles. The summed E-state index contributed by atoms with van der Waals surface area (Å²) in [4.78, 5) is 28.8. The van der Waals surface area contributed by atoms with E-state index in [4.69, 9.17) is 0 Å². The Balaban J connectivity index is 1.81. The van der Waals surface area contributed by atoms with E-state index in [9.17, 15) is 9.59 Å². The number of ketones is 1. The van der Waals surface area contributed by atoms with E-state index in [0.717, 1.165) is 37.2 Å². The van der Waals surface area contributed by atoms with Crippen LogP contribution in [0.15, 0.2) is 24.3 Å². The summed E-state index contributed by atoms with van der Waals surface area (Å²) in [7, 11) is 0. The van der Waals surface area contributed by atoms with Gasteiger partial charge in [0.2, 0.25) is 5.91 Å². The van der Waals surface area contributed by atoms with Crippen LogP contribution in [0.1, 0.15) is 43.0 Å². The van der Waals surface area contributed by atoms with E-state index in [-0.39, 0.29) is 17.7 Å². The second-order valence-electron chi connectivity index (χ2n) is 5.95. The number of carbonyl (C=O) groups is 2. The van der Waals surface area contributed by atoms with Crippen LogP contribution in [0.25, 0.3) is 0 Å². The number of piperidine rings is 1. The van der Waals surface area contributed by atoms with Crippen molar-refractivity contribution in [2.24, 2.45) is 0 Å². The topological polar surface area (TPSA) is 40.6 Å². The molecule has 112 valence electrons. The van der Waals surface area contributed by atoms with Crippen molar-refractivity contribution < 1.29 is 9.59 Å². The largest absolute Gasteiger partial charge is 0.359 e. The second kappa shape index (κ2) is 5.88. The number of carbonyl (C=O) groups excluding carboxylic acids is 2. The SMILES string of the molecule is CC(C(=O)N1CCCCC1)N1CCC(=O)c2ccccc21. The molecule has 0 bridgehead atoms. The predicted molar refractivity (Wildman–Crippen MR) is 82.6 cm³/mol. The maximum Gasteiger partial charge on any atom is 0.244 e. The van der Waals surface area contributed by atoms with Crippen molar-refractivity contribution in [3.63, 3.8) is 0 Å². The van der Waals surface area contributed by atoms with E-state index in [1.165, 1.54) is 6.42 Å². The van der Waals surface area contributed by atoms with Gasteiger partial charge in [-0.05, 0) is 38.3 Å². The molecule has 2 aliphatic heterocycles. The fraction of sp³-hybridized carbons (Fsp3) is 0.529. The monoisotopic (exact) mass is 286 g/mol. The summed E-state index contributed by atoms with van der Waals surface area (Å²) in [5.74, 6) is 0.373. The lowest BCUT2D eigenvalue weighted by Crippen LogP contribution is -2.50.